The van der Waals surface area contributed by atoms with Crippen molar-refractivity contribution >= 4 is 11.6 Å². The monoisotopic (exact) mass is 292 g/mol. The van der Waals surface area contributed by atoms with Crippen LogP contribution in [0.15, 0.2) is 24.3 Å². The first-order valence-electron chi connectivity index (χ1n) is 7.59. The van der Waals surface area contributed by atoms with E-state index in [-0.39, 0.29) is 18.6 Å². The smallest absolute Gasteiger partial charge is 0.226 e. The average molecular weight is 292 g/mol. The zero-order valence-electron chi connectivity index (χ0n) is 12.3. The molecule has 5 nitrogen and oxygen atoms in total. The normalized spacial score (nSPS) is 19.1. The predicted octanol–water partition coefficient (Wildman–Crippen LogP) is 1.80. The lowest BCUT2D eigenvalue weighted by atomic mass is 10.1. The van der Waals surface area contributed by atoms with Crippen LogP contribution in [0, 0.1) is 0 Å². The van der Waals surface area contributed by atoms with E-state index >= 15 is 0 Å². The van der Waals surface area contributed by atoms with E-state index in [4.69, 9.17) is 10.5 Å². The zero-order chi connectivity index (χ0) is 15.1. The van der Waals surface area contributed by atoms with Crippen molar-refractivity contribution in [3.63, 3.8) is 0 Å². The fourth-order valence-electron chi connectivity index (χ4n) is 2.66. The molecule has 0 aromatic heterocycles. The summed E-state index contributed by atoms with van der Waals surface area (Å²) in [5.41, 5.74) is 6.30. The Hall–Kier alpha value is -1.75. The number of aliphatic hydroxyl groups excluding tert-OH is 1. The van der Waals surface area contributed by atoms with Crippen LogP contribution in [0.2, 0.25) is 0 Å². The summed E-state index contributed by atoms with van der Waals surface area (Å²) in [6, 6.07) is 7.10. The molecule has 3 N–H and O–H groups in total. The molecule has 1 amide bonds. The molecule has 1 aromatic carbocycles. The number of anilines is 1. The second-order valence-corrected chi connectivity index (χ2v) is 5.44. The summed E-state index contributed by atoms with van der Waals surface area (Å²) in [7, 11) is 0. The van der Waals surface area contributed by atoms with Crippen LogP contribution >= 0.6 is 0 Å². The van der Waals surface area contributed by atoms with Gasteiger partial charge in [0.2, 0.25) is 5.91 Å². The van der Waals surface area contributed by atoms with Gasteiger partial charge in [-0.1, -0.05) is 12.8 Å². The number of nitrogens with two attached hydrogens (primary N) is 1. The molecule has 0 saturated carbocycles. The first-order chi connectivity index (χ1) is 10.2. The van der Waals surface area contributed by atoms with Gasteiger partial charge in [0, 0.05) is 12.2 Å². The van der Waals surface area contributed by atoms with E-state index in [0.717, 1.165) is 32.2 Å². The molecule has 1 atom stereocenters. The molecule has 116 valence electrons. The van der Waals surface area contributed by atoms with E-state index in [0.29, 0.717) is 24.5 Å². The van der Waals surface area contributed by atoms with Gasteiger partial charge in [0.1, 0.15) is 5.75 Å². The molecule has 1 aromatic rings. The van der Waals surface area contributed by atoms with E-state index < -0.39 is 0 Å². The van der Waals surface area contributed by atoms with Gasteiger partial charge in [0.25, 0.3) is 0 Å². The third kappa shape index (κ3) is 4.63. The Kier molecular flexibility index (Phi) is 5.87. The predicted molar refractivity (Wildman–Crippen MR) is 82.0 cm³/mol. The van der Waals surface area contributed by atoms with Gasteiger partial charge in [-0.3, -0.25) is 4.79 Å². The minimum atomic E-state index is -0.0310. The summed E-state index contributed by atoms with van der Waals surface area (Å²) in [5.74, 6) is 0.776. The summed E-state index contributed by atoms with van der Waals surface area (Å²) in [6.45, 7) is 1.13. The second-order valence-electron chi connectivity index (χ2n) is 5.44. The Morgan fingerprint density at radius 2 is 2.05 bits per heavy atom. The number of hydrogen-bond acceptors (Lipinski definition) is 4. The van der Waals surface area contributed by atoms with Gasteiger partial charge in [0.05, 0.1) is 25.7 Å². The summed E-state index contributed by atoms with van der Waals surface area (Å²) in [5, 5.41) is 9.43. The molecule has 1 saturated heterocycles. The molecule has 2 rings (SSSR count). The number of amides is 1. The molecule has 1 aliphatic heterocycles. The van der Waals surface area contributed by atoms with Gasteiger partial charge >= 0.3 is 0 Å². The fourth-order valence-corrected chi connectivity index (χ4v) is 2.66. The maximum absolute atomic E-state index is 12.3. The Bertz CT molecular complexity index is 447. The summed E-state index contributed by atoms with van der Waals surface area (Å²) < 4.78 is 5.56. The molecule has 0 radical (unpaired) electrons. The Morgan fingerprint density at radius 3 is 2.76 bits per heavy atom. The number of nitrogens with zero attached hydrogens (tertiary/aromatic N) is 1. The van der Waals surface area contributed by atoms with Crippen LogP contribution in [0.1, 0.15) is 32.1 Å². The third-order valence-electron chi connectivity index (χ3n) is 3.87. The van der Waals surface area contributed by atoms with Crippen molar-refractivity contribution in [2.24, 2.45) is 0 Å². The van der Waals surface area contributed by atoms with Crippen LogP contribution in [0.4, 0.5) is 5.69 Å². The van der Waals surface area contributed by atoms with Gasteiger partial charge in [0.15, 0.2) is 0 Å². The molecule has 1 heterocycles. The highest BCUT2D eigenvalue weighted by molar-refractivity contribution is 5.76. The van der Waals surface area contributed by atoms with Crippen LogP contribution < -0.4 is 10.5 Å². The number of nitrogen functional groups attached to an aromatic ring is 1. The number of hydrogen-bond donors (Lipinski definition) is 2. The summed E-state index contributed by atoms with van der Waals surface area (Å²) >= 11 is 0. The third-order valence-corrected chi connectivity index (χ3v) is 3.87. The quantitative estimate of drug-likeness (QED) is 0.811. The largest absolute Gasteiger partial charge is 0.493 e. The molecule has 0 aliphatic carbocycles. The van der Waals surface area contributed by atoms with Crippen LogP contribution in [-0.4, -0.2) is 41.7 Å². The minimum Gasteiger partial charge on any atom is -0.493 e. The van der Waals surface area contributed by atoms with E-state index in [2.05, 4.69) is 0 Å². The number of carbonyl (C=O) groups is 1. The SMILES string of the molecule is Nc1ccc(OCCC(=O)N2CCCCCC2CO)cc1. The molecule has 1 fully saturated rings. The van der Waals surface area contributed by atoms with E-state index in [1.165, 1.54) is 0 Å². The average Bonchev–Trinajstić information content (AvgIpc) is 2.74. The van der Waals surface area contributed by atoms with Crippen LogP contribution in [0.25, 0.3) is 0 Å². The zero-order valence-corrected chi connectivity index (χ0v) is 12.3. The maximum Gasteiger partial charge on any atom is 0.226 e. The van der Waals surface area contributed by atoms with E-state index in [1.54, 1.807) is 24.3 Å². The fraction of sp³-hybridized carbons (Fsp3) is 0.562. The Balaban J connectivity index is 1.81. The lowest BCUT2D eigenvalue weighted by molar-refractivity contribution is -0.134. The van der Waals surface area contributed by atoms with Crippen molar-refractivity contribution in [3.8, 4) is 5.75 Å². The lowest BCUT2D eigenvalue weighted by Crippen LogP contribution is -2.42. The molecule has 21 heavy (non-hydrogen) atoms. The molecule has 5 heteroatoms. The number of aliphatic hydroxyl groups is 1. The van der Waals surface area contributed by atoms with Gasteiger partial charge < -0.3 is 20.5 Å². The van der Waals surface area contributed by atoms with E-state index in [1.807, 2.05) is 4.90 Å². The van der Waals surface area contributed by atoms with Crippen molar-refractivity contribution in [2.45, 2.75) is 38.1 Å². The standard InChI is InChI=1S/C16H24N2O3/c17-13-5-7-15(8-6-13)21-11-9-16(20)18-10-3-1-2-4-14(18)12-19/h5-8,14,19H,1-4,9-12,17H2. The second kappa shape index (κ2) is 7.88. The first-order valence-corrected chi connectivity index (χ1v) is 7.59. The molecule has 1 aliphatic rings. The Labute approximate surface area is 125 Å². The molecule has 1 unspecified atom stereocenters. The topological polar surface area (TPSA) is 75.8 Å². The molecular formula is C16H24N2O3. The van der Waals surface area contributed by atoms with E-state index in [9.17, 15) is 9.90 Å². The van der Waals surface area contributed by atoms with Crippen molar-refractivity contribution in [3.05, 3.63) is 24.3 Å². The van der Waals surface area contributed by atoms with Crippen molar-refractivity contribution in [1.82, 2.24) is 4.90 Å². The number of benzene rings is 1. The number of carbonyl (C=O) groups excluding carboxylic acids is 1. The molecule has 0 bridgehead atoms. The number of ether oxygens (including phenoxy) is 1. The maximum atomic E-state index is 12.3. The van der Waals surface area contributed by atoms with Gasteiger partial charge in [-0.05, 0) is 37.1 Å². The highest BCUT2D eigenvalue weighted by Gasteiger charge is 2.24. The minimum absolute atomic E-state index is 0.0310. The summed E-state index contributed by atoms with van der Waals surface area (Å²) in [6.07, 6.45) is 4.45. The van der Waals surface area contributed by atoms with Gasteiger partial charge in [-0.25, -0.2) is 0 Å². The van der Waals surface area contributed by atoms with Crippen molar-refractivity contribution < 1.29 is 14.6 Å². The first kappa shape index (κ1) is 15.6. The lowest BCUT2D eigenvalue weighted by Gasteiger charge is -2.28. The van der Waals surface area contributed by atoms with Crippen LogP contribution in [-0.2, 0) is 4.79 Å². The van der Waals surface area contributed by atoms with Crippen molar-refractivity contribution in [2.75, 3.05) is 25.5 Å². The Morgan fingerprint density at radius 1 is 1.29 bits per heavy atom. The molecule has 0 spiro atoms. The van der Waals surface area contributed by atoms with Gasteiger partial charge in [-0.2, -0.15) is 0 Å². The highest BCUT2D eigenvalue weighted by Crippen LogP contribution is 2.18. The van der Waals surface area contributed by atoms with Crippen LogP contribution in [0.3, 0.4) is 0 Å². The number of rotatable bonds is 5. The van der Waals surface area contributed by atoms with Gasteiger partial charge in [-0.15, -0.1) is 0 Å². The number of likely N-dealkylation sites (tertiary alicyclic amines) is 1. The van der Waals surface area contributed by atoms with Crippen molar-refractivity contribution in [1.29, 1.82) is 0 Å². The van der Waals surface area contributed by atoms with Crippen LogP contribution in [0.5, 0.6) is 5.75 Å². The molecular weight excluding hydrogens is 268 g/mol. The highest BCUT2D eigenvalue weighted by atomic mass is 16.5. The summed E-state index contributed by atoms with van der Waals surface area (Å²) in [4.78, 5) is 14.1.